The summed E-state index contributed by atoms with van der Waals surface area (Å²) in [6.45, 7) is 1.15. The van der Waals surface area contributed by atoms with Gasteiger partial charge in [0.25, 0.3) is 5.91 Å². The Balaban J connectivity index is 1.57. The summed E-state index contributed by atoms with van der Waals surface area (Å²) in [6.07, 6.45) is 0.617. The molecule has 156 valence electrons. The van der Waals surface area contributed by atoms with Crippen LogP contribution in [-0.4, -0.2) is 38.4 Å². The quantitative estimate of drug-likeness (QED) is 0.633. The fraction of sp³-hybridized carbons (Fsp3) is 0.318. The second-order valence-electron chi connectivity index (χ2n) is 7.48. The average Bonchev–Trinajstić information content (AvgIpc) is 3.19. The number of aryl methyl sites for hydroxylation is 1. The highest BCUT2D eigenvalue weighted by Gasteiger charge is 2.31. The first-order valence-electron chi connectivity index (χ1n) is 9.74. The van der Waals surface area contributed by atoms with Crippen molar-refractivity contribution in [1.29, 1.82) is 0 Å². The predicted octanol–water partition coefficient (Wildman–Crippen LogP) is 4.52. The van der Waals surface area contributed by atoms with Gasteiger partial charge in [-0.25, -0.2) is 4.98 Å². The Bertz CT molecular complexity index is 1060. The second kappa shape index (κ2) is 7.93. The minimum Gasteiger partial charge on any atom is -0.335 e. The molecule has 0 N–H and O–H groups in total. The number of likely N-dealkylation sites (tertiary alicyclic amines) is 1. The summed E-state index contributed by atoms with van der Waals surface area (Å²) in [4.78, 5) is 23.3. The van der Waals surface area contributed by atoms with Crippen LogP contribution in [0.25, 0.3) is 11.3 Å². The molecule has 5 nitrogen and oxygen atoms in total. The molecule has 1 saturated heterocycles. The van der Waals surface area contributed by atoms with E-state index in [4.69, 9.17) is 0 Å². The van der Waals surface area contributed by atoms with E-state index in [1.807, 2.05) is 6.07 Å². The number of hydrogen-bond donors (Lipinski definition) is 0. The maximum absolute atomic E-state index is 13.1. The number of nitrogens with zero attached hydrogens (tertiary/aromatic N) is 4. The molecule has 2 aromatic heterocycles. The van der Waals surface area contributed by atoms with E-state index < -0.39 is 11.7 Å². The van der Waals surface area contributed by atoms with Gasteiger partial charge in [-0.2, -0.15) is 13.2 Å². The van der Waals surface area contributed by atoms with Crippen molar-refractivity contribution < 1.29 is 18.0 Å². The van der Waals surface area contributed by atoms with Crippen LogP contribution in [0.4, 0.5) is 13.2 Å². The van der Waals surface area contributed by atoms with Crippen LogP contribution in [0.5, 0.6) is 0 Å². The first-order valence-corrected chi connectivity index (χ1v) is 9.74. The summed E-state index contributed by atoms with van der Waals surface area (Å²) in [5.41, 5.74) is 0.994. The lowest BCUT2D eigenvalue weighted by Crippen LogP contribution is -2.40. The van der Waals surface area contributed by atoms with Crippen LogP contribution in [0.3, 0.4) is 0 Å². The molecule has 3 aromatic rings. The topological polar surface area (TPSA) is 51.0 Å². The van der Waals surface area contributed by atoms with Crippen molar-refractivity contribution in [1.82, 2.24) is 19.4 Å². The van der Waals surface area contributed by atoms with E-state index in [0.717, 1.165) is 30.7 Å². The normalized spacial score (nSPS) is 17.2. The van der Waals surface area contributed by atoms with Crippen LogP contribution < -0.4 is 0 Å². The number of hydrogen-bond acceptors (Lipinski definition) is 3. The van der Waals surface area contributed by atoms with Crippen molar-refractivity contribution in [3.8, 4) is 11.3 Å². The van der Waals surface area contributed by atoms with E-state index in [0.29, 0.717) is 30.2 Å². The Hall–Kier alpha value is -3.16. The Morgan fingerprint density at radius 1 is 1.17 bits per heavy atom. The SMILES string of the molecule is Cn1ccnc1C(=O)N1CCC[C@H](c2cccc(-c3cccc(C(F)(F)F)c3)n2)C1. The fourth-order valence-electron chi connectivity index (χ4n) is 3.81. The molecule has 1 fully saturated rings. The molecule has 1 aliphatic rings. The third kappa shape index (κ3) is 4.08. The van der Waals surface area contributed by atoms with Crippen molar-refractivity contribution in [3.63, 3.8) is 0 Å². The van der Waals surface area contributed by atoms with Crippen molar-refractivity contribution in [2.24, 2.45) is 7.05 Å². The number of carbonyl (C=O) groups is 1. The highest BCUT2D eigenvalue weighted by molar-refractivity contribution is 5.90. The van der Waals surface area contributed by atoms with E-state index in [-0.39, 0.29) is 11.8 Å². The van der Waals surface area contributed by atoms with Crippen LogP contribution >= 0.6 is 0 Å². The zero-order valence-corrected chi connectivity index (χ0v) is 16.4. The summed E-state index contributed by atoms with van der Waals surface area (Å²) in [7, 11) is 1.78. The van der Waals surface area contributed by atoms with Gasteiger partial charge in [-0.05, 0) is 37.1 Å². The molecule has 30 heavy (non-hydrogen) atoms. The van der Waals surface area contributed by atoms with Gasteiger partial charge in [-0.15, -0.1) is 0 Å². The van der Waals surface area contributed by atoms with Crippen LogP contribution in [0.2, 0.25) is 0 Å². The van der Waals surface area contributed by atoms with Gasteiger partial charge in [0.1, 0.15) is 0 Å². The predicted molar refractivity (Wildman–Crippen MR) is 106 cm³/mol. The van der Waals surface area contributed by atoms with Gasteiger partial charge in [0.05, 0.1) is 11.3 Å². The van der Waals surface area contributed by atoms with E-state index in [2.05, 4.69) is 9.97 Å². The number of amides is 1. The molecule has 1 aliphatic heterocycles. The molecule has 0 unspecified atom stereocenters. The molecule has 1 aromatic carbocycles. The van der Waals surface area contributed by atoms with E-state index >= 15 is 0 Å². The Labute approximate surface area is 172 Å². The van der Waals surface area contributed by atoms with Crippen molar-refractivity contribution in [3.05, 3.63) is 71.9 Å². The Kier molecular flexibility index (Phi) is 5.32. The van der Waals surface area contributed by atoms with E-state index in [9.17, 15) is 18.0 Å². The first-order chi connectivity index (χ1) is 14.3. The molecule has 0 saturated carbocycles. The van der Waals surface area contributed by atoms with Gasteiger partial charge in [-0.3, -0.25) is 9.78 Å². The zero-order chi connectivity index (χ0) is 21.3. The number of imidazole rings is 1. The Morgan fingerprint density at radius 2 is 1.97 bits per heavy atom. The molecule has 0 aliphatic carbocycles. The number of alkyl halides is 3. The molecule has 8 heteroatoms. The van der Waals surface area contributed by atoms with Gasteiger partial charge in [0.2, 0.25) is 0 Å². The first kappa shape index (κ1) is 20.1. The summed E-state index contributed by atoms with van der Waals surface area (Å²) < 4.78 is 40.9. The zero-order valence-electron chi connectivity index (χ0n) is 16.4. The van der Waals surface area contributed by atoms with Crippen LogP contribution in [0.1, 0.15) is 40.6 Å². The van der Waals surface area contributed by atoms with Crippen LogP contribution in [0.15, 0.2) is 54.9 Å². The standard InChI is InChI=1S/C22H21F3N4O/c1-28-12-10-26-20(28)21(30)29-11-4-6-16(14-29)19-9-3-8-18(27-19)15-5-2-7-17(13-15)22(23,24)25/h2-3,5,7-10,12-13,16H,4,6,11,14H2,1H3/t16-/m0/s1. The van der Waals surface area contributed by atoms with Gasteiger partial charge < -0.3 is 9.47 Å². The highest BCUT2D eigenvalue weighted by atomic mass is 19.4. The third-order valence-corrected chi connectivity index (χ3v) is 5.40. The number of carbonyl (C=O) groups excluding carboxylic acids is 1. The van der Waals surface area contributed by atoms with E-state index in [1.54, 1.807) is 47.1 Å². The summed E-state index contributed by atoms with van der Waals surface area (Å²) in [6, 6.07) is 10.6. The Morgan fingerprint density at radius 3 is 2.70 bits per heavy atom. The molecule has 0 spiro atoms. The molecule has 1 amide bonds. The van der Waals surface area contributed by atoms with Gasteiger partial charge in [-0.1, -0.05) is 18.2 Å². The van der Waals surface area contributed by atoms with Crippen molar-refractivity contribution >= 4 is 5.91 Å². The number of halogens is 3. The monoisotopic (exact) mass is 414 g/mol. The fourth-order valence-corrected chi connectivity index (χ4v) is 3.81. The van der Waals surface area contributed by atoms with Gasteiger partial charge >= 0.3 is 6.18 Å². The molecule has 3 heterocycles. The van der Waals surface area contributed by atoms with Crippen molar-refractivity contribution in [2.75, 3.05) is 13.1 Å². The molecular formula is C22H21F3N4O. The molecule has 0 bridgehead atoms. The molecular weight excluding hydrogens is 393 g/mol. The molecule has 0 radical (unpaired) electrons. The third-order valence-electron chi connectivity index (χ3n) is 5.40. The highest BCUT2D eigenvalue weighted by Crippen LogP contribution is 2.33. The summed E-state index contributed by atoms with van der Waals surface area (Å²) in [5.74, 6) is 0.288. The number of aromatic nitrogens is 3. The summed E-state index contributed by atoms with van der Waals surface area (Å²) >= 11 is 0. The van der Waals surface area contributed by atoms with Crippen LogP contribution in [-0.2, 0) is 13.2 Å². The maximum atomic E-state index is 13.1. The average molecular weight is 414 g/mol. The second-order valence-corrected chi connectivity index (χ2v) is 7.48. The lowest BCUT2D eigenvalue weighted by atomic mass is 9.93. The lowest BCUT2D eigenvalue weighted by Gasteiger charge is -2.32. The van der Waals surface area contributed by atoms with Gasteiger partial charge in [0.15, 0.2) is 5.82 Å². The van der Waals surface area contributed by atoms with Crippen molar-refractivity contribution in [2.45, 2.75) is 24.9 Å². The number of rotatable bonds is 3. The van der Waals surface area contributed by atoms with Gasteiger partial charge in [0, 0.05) is 49.7 Å². The minimum atomic E-state index is -4.40. The number of pyridine rings is 1. The van der Waals surface area contributed by atoms with E-state index in [1.165, 1.54) is 6.07 Å². The number of benzene rings is 1. The van der Waals surface area contributed by atoms with Crippen LogP contribution in [0, 0.1) is 0 Å². The lowest BCUT2D eigenvalue weighted by molar-refractivity contribution is -0.137. The molecule has 4 rings (SSSR count). The summed E-state index contributed by atoms with van der Waals surface area (Å²) in [5, 5.41) is 0. The smallest absolute Gasteiger partial charge is 0.335 e. The number of piperidine rings is 1. The largest absolute Gasteiger partial charge is 0.416 e. The maximum Gasteiger partial charge on any atom is 0.416 e. The minimum absolute atomic E-state index is 0.0220. The molecule has 1 atom stereocenters.